The molecule has 0 spiro atoms. The van der Waals surface area contributed by atoms with Gasteiger partial charge in [0.05, 0.1) is 4.88 Å². The molecule has 0 amide bonds. The van der Waals surface area contributed by atoms with Crippen LogP contribution in [0.15, 0.2) is 30.3 Å². The molecule has 0 atom stereocenters. The van der Waals surface area contributed by atoms with E-state index in [9.17, 15) is 9.18 Å². The highest BCUT2D eigenvalue weighted by Gasteiger charge is 2.12. The molecular weight excluding hydrogens is 223 g/mol. The van der Waals surface area contributed by atoms with E-state index in [0.717, 1.165) is 4.88 Å². The fraction of sp³-hybridized carbons (Fsp3) is 0.154. The molecule has 0 aliphatic carbocycles. The van der Waals surface area contributed by atoms with Gasteiger partial charge in [-0.15, -0.1) is 11.3 Å². The molecule has 0 saturated heterocycles. The minimum Gasteiger partial charge on any atom is -0.288 e. The third-order valence-electron chi connectivity index (χ3n) is 2.40. The second-order valence-corrected chi connectivity index (χ2v) is 4.99. The molecule has 3 heteroatoms. The van der Waals surface area contributed by atoms with Gasteiger partial charge in [0.1, 0.15) is 5.82 Å². The summed E-state index contributed by atoms with van der Waals surface area (Å²) in [6.07, 6.45) is 0. The summed E-state index contributed by atoms with van der Waals surface area (Å²) in [7, 11) is 0. The summed E-state index contributed by atoms with van der Waals surface area (Å²) in [5, 5.41) is 0. The first-order chi connectivity index (χ1) is 7.58. The van der Waals surface area contributed by atoms with Crippen molar-refractivity contribution in [3.8, 4) is 0 Å². The lowest BCUT2D eigenvalue weighted by molar-refractivity contribution is 0.104. The van der Waals surface area contributed by atoms with Crippen molar-refractivity contribution in [2.45, 2.75) is 13.8 Å². The van der Waals surface area contributed by atoms with Gasteiger partial charge in [-0.3, -0.25) is 4.79 Å². The number of carbonyl (C=O) groups is 1. The van der Waals surface area contributed by atoms with E-state index in [1.54, 1.807) is 25.1 Å². The lowest BCUT2D eigenvalue weighted by atomic mass is 10.1. The third kappa shape index (κ3) is 2.04. The Labute approximate surface area is 97.6 Å². The average molecular weight is 234 g/mol. The Balaban J connectivity index is 2.38. The Bertz CT molecular complexity index is 543. The zero-order valence-electron chi connectivity index (χ0n) is 9.08. The smallest absolute Gasteiger partial charge is 0.203 e. The molecule has 1 aromatic carbocycles. The van der Waals surface area contributed by atoms with E-state index in [0.29, 0.717) is 16.0 Å². The molecule has 1 heterocycles. The van der Waals surface area contributed by atoms with Crippen LogP contribution in [0.25, 0.3) is 0 Å². The van der Waals surface area contributed by atoms with Crippen LogP contribution >= 0.6 is 11.3 Å². The van der Waals surface area contributed by atoms with Crippen molar-refractivity contribution in [2.75, 3.05) is 0 Å². The Kier molecular flexibility index (Phi) is 2.88. The van der Waals surface area contributed by atoms with Gasteiger partial charge in [0.2, 0.25) is 5.78 Å². The van der Waals surface area contributed by atoms with Crippen LogP contribution in [0.4, 0.5) is 4.39 Å². The van der Waals surface area contributed by atoms with Crippen LogP contribution in [0.5, 0.6) is 0 Å². The van der Waals surface area contributed by atoms with E-state index in [1.165, 1.54) is 17.4 Å². The van der Waals surface area contributed by atoms with E-state index in [-0.39, 0.29) is 11.6 Å². The lowest BCUT2D eigenvalue weighted by Crippen LogP contribution is -1.99. The number of rotatable bonds is 2. The average Bonchev–Trinajstić information content (AvgIpc) is 2.68. The van der Waals surface area contributed by atoms with Gasteiger partial charge < -0.3 is 0 Å². The number of thiophene rings is 1. The Morgan fingerprint density at radius 3 is 2.50 bits per heavy atom. The first kappa shape index (κ1) is 11.0. The van der Waals surface area contributed by atoms with Crippen LogP contribution in [0.2, 0.25) is 0 Å². The fourth-order valence-corrected chi connectivity index (χ4v) is 2.26. The Morgan fingerprint density at radius 1 is 1.19 bits per heavy atom. The number of hydrogen-bond donors (Lipinski definition) is 0. The first-order valence-corrected chi connectivity index (χ1v) is 5.77. The van der Waals surface area contributed by atoms with E-state index in [2.05, 4.69) is 0 Å². The molecule has 1 aromatic heterocycles. The zero-order valence-corrected chi connectivity index (χ0v) is 9.90. The number of aryl methyl sites for hydroxylation is 2. The van der Waals surface area contributed by atoms with Crippen molar-refractivity contribution < 1.29 is 9.18 Å². The summed E-state index contributed by atoms with van der Waals surface area (Å²) < 4.78 is 13.3. The molecule has 0 unspecified atom stereocenters. The van der Waals surface area contributed by atoms with Crippen LogP contribution in [-0.2, 0) is 0 Å². The molecule has 0 N–H and O–H groups in total. The zero-order chi connectivity index (χ0) is 11.7. The van der Waals surface area contributed by atoms with Gasteiger partial charge in [-0.2, -0.15) is 0 Å². The van der Waals surface area contributed by atoms with Crippen LogP contribution < -0.4 is 0 Å². The van der Waals surface area contributed by atoms with Gasteiger partial charge in [-0.25, -0.2) is 4.39 Å². The van der Waals surface area contributed by atoms with E-state index < -0.39 is 0 Å². The minimum atomic E-state index is -0.334. The molecule has 16 heavy (non-hydrogen) atoms. The number of halogens is 1. The largest absolute Gasteiger partial charge is 0.288 e. The fourth-order valence-electron chi connectivity index (χ4n) is 1.43. The molecule has 0 saturated carbocycles. The van der Waals surface area contributed by atoms with Crippen molar-refractivity contribution in [2.24, 2.45) is 0 Å². The summed E-state index contributed by atoms with van der Waals surface area (Å²) in [6, 6.07) is 8.26. The van der Waals surface area contributed by atoms with Gasteiger partial charge in [0.25, 0.3) is 0 Å². The molecule has 0 aliphatic heterocycles. The number of hydrogen-bond acceptors (Lipinski definition) is 2. The van der Waals surface area contributed by atoms with Gasteiger partial charge in [0, 0.05) is 10.4 Å². The van der Waals surface area contributed by atoms with Crippen molar-refractivity contribution in [3.05, 3.63) is 57.0 Å². The molecule has 2 aromatic rings. The van der Waals surface area contributed by atoms with E-state index >= 15 is 0 Å². The predicted molar refractivity (Wildman–Crippen MR) is 63.6 cm³/mol. The molecule has 82 valence electrons. The van der Waals surface area contributed by atoms with E-state index in [1.807, 2.05) is 13.0 Å². The number of carbonyl (C=O) groups excluding carboxylic acids is 1. The Hall–Kier alpha value is -1.48. The summed E-state index contributed by atoms with van der Waals surface area (Å²) in [5.74, 6) is -0.448. The summed E-state index contributed by atoms with van der Waals surface area (Å²) in [5.41, 5.74) is 0.962. The van der Waals surface area contributed by atoms with Crippen LogP contribution in [-0.4, -0.2) is 5.78 Å². The minimum absolute atomic E-state index is 0.114. The summed E-state index contributed by atoms with van der Waals surface area (Å²) in [6.45, 7) is 3.62. The quantitative estimate of drug-likeness (QED) is 0.723. The van der Waals surface area contributed by atoms with Crippen molar-refractivity contribution >= 4 is 17.1 Å². The van der Waals surface area contributed by atoms with Crippen LogP contribution in [0.3, 0.4) is 0 Å². The predicted octanol–water partition coefficient (Wildman–Crippen LogP) is 3.74. The second-order valence-electron chi connectivity index (χ2n) is 3.70. The van der Waals surface area contributed by atoms with Gasteiger partial charge >= 0.3 is 0 Å². The van der Waals surface area contributed by atoms with Gasteiger partial charge in [0.15, 0.2) is 0 Å². The van der Waals surface area contributed by atoms with E-state index in [4.69, 9.17) is 0 Å². The van der Waals surface area contributed by atoms with Crippen LogP contribution in [0, 0.1) is 19.7 Å². The molecule has 0 aliphatic rings. The van der Waals surface area contributed by atoms with Gasteiger partial charge in [-0.1, -0.05) is 12.1 Å². The highest BCUT2D eigenvalue weighted by molar-refractivity contribution is 7.14. The first-order valence-electron chi connectivity index (χ1n) is 4.95. The SMILES string of the molecule is Cc1ccc(C(=O)c2ccc(C)c(F)c2)s1. The second kappa shape index (κ2) is 4.18. The normalized spacial score (nSPS) is 10.4. The lowest BCUT2D eigenvalue weighted by Gasteiger charge is -2.00. The van der Waals surface area contributed by atoms with Crippen molar-refractivity contribution in [3.63, 3.8) is 0 Å². The molecule has 0 bridgehead atoms. The summed E-state index contributed by atoms with van der Waals surface area (Å²) in [4.78, 5) is 13.7. The molecular formula is C13H11FOS. The highest BCUT2D eigenvalue weighted by Crippen LogP contribution is 2.20. The maximum atomic E-state index is 13.3. The molecule has 1 nitrogen and oxygen atoms in total. The summed E-state index contributed by atoms with van der Waals surface area (Å²) >= 11 is 1.43. The van der Waals surface area contributed by atoms with Crippen molar-refractivity contribution in [1.82, 2.24) is 0 Å². The van der Waals surface area contributed by atoms with Gasteiger partial charge in [-0.05, 0) is 37.6 Å². The third-order valence-corrected chi connectivity index (χ3v) is 3.40. The standard InChI is InChI=1S/C13H11FOS/c1-8-3-5-10(7-11(8)14)13(15)12-6-4-9(2)16-12/h3-7H,1-2H3. The molecule has 2 rings (SSSR count). The maximum absolute atomic E-state index is 13.3. The molecule has 0 fully saturated rings. The maximum Gasteiger partial charge on any atom is 0.203 e. The number of ketones is 1. The molecule has 0 radical (unpaired) electrons. The van der Waals surface area contributed by atoms with Crippen molar-refractivity contribution in [1.29, 1.82) is 0 Å². The monoisotopic (exact) mass is 234 g/mol. The Morgan fingerprint density at radius 2 is 1.94 bits per heavy atom. The topological polar surface area (TPSA) is 17.1 Å². The van der Waals surface area contributed by atoms with Crippen LogP contribution in [0.1, 0.15) is 25.7 Å². The number of benzene rings is 1. The highest BCUT2D eigenvalue weighted by atomic mass is 32.1.